The maximum atomic E-state index is 15.3. The molecule has 0 saturated carbocycles. The van der Waals surface area contributed by atoms with Crippen molar-refractivity contribution < 1.29 is 22.4 Å². The Hall–Kier alpha value is -3.67. The van der Waals surface area contributed by atoms with Gasteiger partial charge in [-0.15, -0.1) is 0 Å². The van der Waals surface area contributed by atoms with Crippen LogP contribution in [0, 0.1) is 5.82 Å². The number of alkyl halides is 3. The Bertz CT molecular complexity index is 1340. The van der Waals surface area contributed by atoms with Crippen LogP contribution < -0.4 is 15.8 Å². The van der Waals surface area contributed by atoms with Gasteiger partial charge >= 0.3 is 6.18 Å². The van der Waals surface area contributed by atoms with Crippen LogP contribution in [0.15, 0.2) is 41.6 Å². The first-order valence-electron chi connectivity index (χ1n) is 11.3. The molecule has 3 heterocycles. The van der Waals surface area contributed by atoms with E-state index in [1.165, 1.54) is 23.0 Å². The van der Waals surface area contributed by atoms with Crippen LogP contribution in [0.2, 0.25) is 0 Å². The molecule has 0 aliphatic carbocycles. The summed E-state index contributed by atoms with van der Waals surface area (Å²) in [4.78, 5) is 31.5. The first-order valence-corrected chi connectivity index (χ1v) is 11.3. The molecule has 1 aromatic carbocycles. The number of amides is 1. The van der Waals surface area contributed by atoms with Gasteiger partial charge < -0.3 is 15.2 Å². The van der Waals surface area contributed by atoms with E-state index in [0.29, 0.717) is 30.4 Å². The summed E-state index contributed by atoms with van der Waals surface area (Å²) in [5.41, 5.74) is -2.69. The predicted molar refractivity (Wildman–Crippen MR) is 128 cm³/mol. The number of aromatic nitrogens is 3. The lowest BCUT2D eigenvalue weighted by atomic mass is 10.0. The van der Waals surface area contributed by atoms with E-state index in [0.717, 1.165) is 6.20 Å². The minimum Gasteiger partial charge on any atom is -0.367 e. The zero-order valence-electron chi connectivity index (χ0n) is 20.2. The number of anilines is 2. The average Bonchev–Trinajstić information content (AvgIpc) is 3.23. The molecule has 36 heavy (non-hydrogen) atoms. The van der Waals surface area contributed by atoms with Gasteiger partial charge in [0, 0.05) is 55.7 Å². The average molecular weight is 507 g/mol. The quantitative estimate of drug-likeness (QED) is 0.527. The molecule has 4 rings (SSSR count). The molecule has 2 atom stereocenters. The minimum absolute atomic E-state index is 0.0839. The number of nitrogens with zero attached hydrogens (tertiary/aromatic N) is 4. The summed E-state index contributed by atoms with van der Waals surface area (Å²) < 4.78 is 57.5. The van der Waals surface area contributed by atoms with Crippen molar-refractivity contribution in [3.05, 3.63) is 64.1 Å². The third-order valence-electron chi connectivity index (χ3n) is 6.54. The number of aromatic amines is 1. The van der Waals surface area contributed by atoms with Crippen molar-refractivity contribution in [3.8, 4) is 11.1 Å². The van der Waals surface area contributed by atoms with Gasteiger partial charge in [0.2, 0.25) is 0 Å². The highest BCUT2D eigenvalue weighted by atomic mass is 19.4. The van der Waals surface area contributed by atoms with Crippen molar-refractivity contribution in [2.24, 2.45) is 7.05 Å². The largest absolute Gasteiger partial charge is 0.417 e. The highest BCUT2D eigenvalue weighted by Gasteiger charge is 2.37. The van der Waals surface area contributed by atoms with E-state index in [1.54, 1.807) is 13.2 Å². The molecule has 0 unspecified atom stereocenters. The monoisotopic (exact) mass is 506 g/mol. The normalized spacial score (nSPS) is 18.9. The molecule has 192 valence electrons. The van der Waals surface area contributed by atoms with Gasteiger partial charge in [-0.3, -0.25) is 19.2 Å². The Kier molecular flexibility index (Phi) is 6.65. The zero-order chi connectivity index (χ0) is 26.4. The van der Waals surface area contributed by atoms with Gasteiger partial charge in [-0.1, -0.05) is 0 Å². The van der Waals surface area contributed by atoms with E-state index >= 15 is 4.39 Å². The van der Waals surface area contributed by atoms with Crippen molar-refractivity contribution in [2.45, 2.75) is 32.1 Å². The second-order valence-corrected chi connectivity index (χ2v) is 9.07. The Morgan fingerprint density at radius 2 is 1.83 bits per heavy atom. The van der Waals surface area contributed by atoms with E-state index in [2.05, 4.69) is 20.3 Å². The van der Waals surface area contributed by atoms with Crippen LogP contribution >= 0.6 is 0 Å². The number of nitrogens with one attached hydrogen (secondary N) is 2. The molecule has 2 N–H and O–H groups in total. The molecule has 1 amide bonds. The van der Waals surface area contributed by atoms with E-state index < -0.39 is 34.6 Å². The predicted octanol–water partition coefficient (Wildman–Crippen LogP) is 3.71. The molecule has 8 nitrogen and oxygen atoms in total. The molecule has 0 radical (unpaired) electrons. The summed E-state index contributed by atoms with van der Waals surface area (Å²) >= 11 is 0. The van der Waals surface area contributed by atoms with Gasteiger partial charge in [0.15, 0.2) is 0 Å². The van der Waals surface area contributed by atoms with Gasteiger partial charge in [0.05, 0.1) is 23.1 Å². The van der Waals surface area contributed by atoms with Gasteiger partial charge in [0.25, 0.3) is 11.5 Å². The van der Waals surface area contributed by atoms with Crippen molar-refractivity contribution in [3.63, 3.8) is 0 Å². The Morgan fingerprint density at radius 1 is 1.17 bits per heavy atom. The maximum Gasteiger partial charge on any atom is 0.417 e. The van der Waals surface area contributed by atoms with E-state index in [4.69, 9.17) is 0 Å². The summed E-state index contributed by atoms with van der Waals surface area (Å²) in [6.45, 7) is 4.99. The number of rotatable bonds is 4. The summed E-state index contributed by atoms with van der Waals surface area (Å²) in [6, 6.07) is 3.42. The van der Waals surface area contributed by atoms with Crippen molar-refractivity contribution in [1.29, 1.82) is 0 Å². The molecule has 12 heteroatoms. The van der Waals surface area contributed by atoms with Crippen molar-refractivity contribution in [1.82, 2.24) is 19.7 Å². The van der Waals surface area contributed by atoms with E-state index in [1.807, 2.05) is 25.8 Å². The van der Waals surface area contributed by atoms with Crippen LogP contribution in [0.25, 0.3) is 11.1 Å². The maximum absolute atomic E-state index is 15.3. The first kappa shape index (κ1) is 25.4. The van der Waals surface area contributed by atoms with Crippen molar-refractivity contribution in [2.75, 3.05) is 30.4 Å². The summed E-state index contributed by atoms with van der Waals surface area (Å²) in [5, 5.41) is 6.49. The highest BCUT2D eigenvalue weighted by molar-refractivity contribution is 6.07. The van der Waals surface area contributed by atoms with E-state index in [-0.39, 0.29) is 23.3 Å². The topological polar surface area (TPSA) is 86.3 Å². The van der Waals surface area contributed by atoms with E-state index in [9.17, 15) is 22.8 Å². The minimum atomic E-state index is -4.92. The number of carbonyl (C=O) groups is 1. The number of H-pyrrole nitrogens is 1. The van der Waals surface area contributed by atoms with Crippen LogP contribution in [0.5, 0.6) is 0 Å². The summed E-state index contributed by atoms with van der Waals surface area (Å²) in [5.74, 6) is -1.83. The lowest BCUT2D eigenvalue weighted by Gasteiger charge is -2.44. The molecule has 1 aliphatic rings. The number of aryl methyl sites for hydroxylation is 1. The van der Waals surface area contributed by atoms with Crippen LogP contribution in [0.1, 0.15) is 29.8 Å². The molecule has 2 aromatic heterocycles. The number of carbonyl (C=O) groups excluding carboxylic acids is 1. The van der Waals surface area contributed by atoms with Crippen LogP contribution in [-0.2, 0) is 13.2 Å². The Labute approximate surface area is 204 Å². The number of piperazine rings is 1. The molecular formula is C24H26F4N6O2. The molecular weight excluding hydrogens is 480 g/mol. The molecule has 1 aliphatic heterocycles. The first-order chi connectivity index (χ1) is 16.9. The number of likely N-dealkylation sites (N-methyl/N-ethyl adjacent to an activating group) is 1. The lowest BCUT2D eigenvalue weighted by Crippen LogP contribution is -2.55. The molecule has 1 saturated heterocycles. The molecule has 0 spiro atoms. The fraction of sp³-hybridized carbons (Fsp3) is 0.375. The lowest BCUT2D eigenvalue weighted by molar-refractivity contribution is -0.138. The van der Waals surface area contributed by atoms with Gasteiger partial charge in [-0.25, -0.2) is 4.39 Å². The third-order valence-corrected chi connectivity index (χ3v) is 6.54. The standard InChI is InChI=1S/C24H26F4N6O2/c1-13-10-34(11-14(2)33(13)4)20-8-18(25)16(15-9-30-32(3)12-15)7-19(20)31-23(36)21-17(24(26,27)28)5-6-29-22(21)35/h5-9,12-14H,10-11H2,1-4H3,(H,29,35)(H,31,36)/t13-,14+. The number of hydrogen-bond acceptors (Lipinski definition) is 5. The van der Waals surface area contributed by atoms with Gasteiger partial charge in [-0.05, 0) is 39.1 Å². The number of hydrogen-bond donors (Lipinski definition) is 2. The zero-order valence-corrected chi connectivity index (χ0v) is 20.2. The fourth-order valence-corrected chi connectivity index (χ4v) is 4.43. The SMILES string of the molecule is C[C@@H]1CN(c2cc(F)c(-c3cnn(C)c3)cc2NC(=O)c2c(C(F)(F)F)cc[nH]c2=O)C[C@H](C)N1C. The van der Waals surface area contributed by atoms with Crippen LogP contribution in [-0.4, -0.2) is 57.8 Å². The van der Waals surface area contributed by atoms with Crippen LogP contribution in [0.4, 0.5) is 28.9 Å². The molecule has 0 bridgehead atoms. The number of benzene rings is 1. The highest BCUT2D eigenvalue weighted by Crippen LogP contribution is 2.37. The van der Waals surface area contributed by atoms with Gasteiger partial charge in [-0.2, -0.15) is 18.3 Å². The number of halogens is 4. The number of pyridine rings is 1. The van der Waals surface area contributed by atoms with Crippen LogP contribution in [0.3, 0.4) is 0 Å². The summed E-state index contributed by atoms with van der Waals surface area (Å²) in [7, 11) is 3.63. The smallest absolute Gasteiger partial charge is 0.367 e. The molecule has 1 fully saturated rings. The second-order valence-electron chi connectivity index (χ2n) is 9.07. The second kappa shape index (κ2) is 9.41. The Morgan fingerprint density at radius 3 is 2.42 bits per heavy atom. The van der Waals surface area contributed by atoms with Gasteiger partial charge in [0.1, 0.15) is 11.4 Å². The molecule has 3 aromatic rings. The fourth-order valence-electron chi connectivity index (χ4n) is 4.43. The Balaban J connectivity index is 1.82. The summed E-state index contributed by atoms with van der Waals surface area (Å²) in [6.07, 6.45) is -1.07. The third kappa shape index (κ3) is 4.85. The van der Waals surface area contributed by atoms with Crippen molar-refractivity contribution >= 4 is 17.3 Å².